The van der Waals surface area contributed by atoms with Crippen molar-refractivity contribution in [1.82, 2.24) is 15.3 Å². The minimum absolute atomic E-state index is 0. The zero-order chi connectivity index (χ0) is 18.2. The molecule has 0 fully saturated rings. The van der Waals surface area contributed by atoms with Gasteiger partial charge in [-0.05, 0) is 31.0 Å². The highest BCUT2D eigenvalue weighted by molar-refractivity contribution is 14.0. The van der Waals surface area contributed by atoms with E-state index in [1.807, 2.05) is 25.1 Å². The number of pyridine rings is 1. The first-order valence-corrected chi connectivity index (χ1v) is 9.54. The summed E-state index contributed by atoms with van der Waals surface area (Å²) in [6.45, 7) is 3.42. The van der Waals surface area contributed by atoms with Crippen LogP contribution in [-0.2, 0) is 12.8 Å². The van der Waals surface area contributed by atoms with Gasteiger partial charge >= 0.3 is 0 Å². The van der Waals surface area contributed by atoms with Gasteiger partial charge in [-0.25, -0.2) is 4.98 Å². The lowest BCUT2D eigenvalue weighted by Crippen LogP contribution is -2.33. The third-order valence-corrected chi connectivity index (χ3v) is 4.74. The van der Waals surface area contributed by atoms with Gasteiger partial charge in [0, 0.05) is 42.3 Å². The van der Waals surface area contributed by atoms with Crippen molar-refractivity contribution in [2.24, 2.45) is 10.7 Å². The summed E-state index contributed by atoms with van der Waals surface area (Å²) in [6.07, 6.45) is 3.48. The van der Waals surface area contributed by atoms with Gasteiger partial charge in [-0.15, -0.1) is 35.3 Å². The van der Waals surface area contributed by atoms with Crippen LogP contribution in [0.3, 0.4) is 0 Å². The summed E-state index contributed by atoms with van der Waals surface area (Å²) in [5.74, 6) is 0.482. The quantitative estimate of drug-likeness (QED) is 0.298. The Labute approximate surface area is 181 Å². The molecule has 5 nitrogen and oxygen atoms in total. The molecule has 3 rings (SSSR count). The van der Waals surface area contributed by atoms with Crippen LogP contribution in [0.15, 0.2) is 59.0 Å². The standard InChI is InChI=1S/C20H23N5S.HI/c1-15-25-19(14-26-15)17-7-5-16(6-8-17)9-12-23-20(21)24-13-10-18-4-2-3-11-22-18;/h2-8,11,14H,9-10,12-13H2,1H3,(H3,21,23,24);1H. The molecular weight excluding hydrogens is 469 g/mol. The number of nitrogens with one attached hydrogen (secondary N) is 1. The SMILES string of the molecule is Cc1nc(-c2ccc(CCNC(N)=NCCc3ccccn3)cc2)cs1.I. The molecule has 2 aromatic heterocycles. The van der Waals surface area contributed by atoms with Crippen molar-refractivity contribution in [3.05, 3.63) is 70.3 Å². The van der Waals surface area contributed by atoms with Gasteiger partial charge in [-0.3, -0.25) is 9.98 Å². The summed E-state index contributed by atoms with van der Waals surface area (Å²) in [6, 6.07) is 14.4. The molecule has 0 aliphatic heterocycles. The zero-order valence-corrected chi connectivity index (χ0v) is 18.4. The number of thiazole rings is 1. The van der Waals surface area contributed by atoms with Crippen molar-refractivity contribution in [1.29, 1.82) is 0 Å². The number of guanidine groups is 1. The zero-order valence-electron chi connectivity index (χ0n) is 15.3. The topological polar surface area (TPSA) is 76.2 Å². The first-order valence-electron chi connectivity index (χ1n) is 8.66. The summed E-state index contributed by atoms with van der Waals surface area (Å²) < 4.78 is 0. The highest BCUT2D eigenvalue weighted by Gasteiger charge is 2.02. The highest BCUT2D eigenvalue weighted by Crippen LogP contribution is 2.21. The lowest BCUT2D eigenvalue weighted by atomic mass is 10.1. The molecule has 0 bridgehead atoms. The first-order chi connectivity index (χ1) is 12.7. The molecule has 0 spiro atoms. The molecule has 0 saturated carbocycles. The Balaban J connectivity index is 0.00000261. The number of halogens is 1. The van der Waals surface area contributed by atoms with Crippen LogP contribution < -0.4 is 11.1 Å². The maximum atomic E-state index is 5.92. The van der Waals surface area contributed by atoms with E-state index in [-0.39, 0.29) is 24.0 Å². The van der Waals surface area contributed by atoms with Gasteiger partial charge in [-0.2, -0.15) is 0 Å². The average molecular weight is 493 g/mol. The van der Waals surface area contributed by atoms with Crippen molar-refractivity contribution >= 4 is 41.3 Å². The lowest BCUT2D eigenvalue weighted by Gasteiger charge is -2.06. The van der Waals surface area contributed by atoms with Gasteiger partial charge in [-0.1, -0.05) is 30.3 Å². The molecule has 0 saturated heterocycles. The van der Waals surface area contributed by atoms with E-state index < -0.39 is 0 Å². The number of nitrogens with zero attached hydrogens (tertiary/aromatic N) is 3. The second-order valence-corrected chi connectivity index (χ2v) is 7.03. The number of nitrogens with two attached hydrogens (primary N) is 1. The van der Waals surface area contributed by atoms with Crippen LogP contribution >= 0.6 is 35.3 Å². The Kier molecular flexibility index (Phi) is 8.66. The molecule has 0 atom stereocenters. The van der Waals surface area contributed by atoms with E-state index in [0.29, 0.717) is 12.5 Å². The number of aromatic nitrogens is 2. The number of benzene rings is 1. The lowest BCUT2D eigenvalue weighted by molar-refractivity contribution is 0.840. The second-order valence-electron chi connectivity index (χ2n) is 5.96. The van der Waals surface area contributed by atoms with Crippen LogP contribution in [0.1, 0.15) is 16.3 Å². The van der Waals surface area contributed by atoms with E-state index in [0.717, 1.165) is 41.3 Å². The molecule has 0 aliphatic rings. The maximum Gasteiger partial charge on any atom is 0.188 e. The normalized spacial score (nSPS) is 11.1. The first kappa shape index (κ1) is 21.3. The predicted octanol–water partition coefficient (Wildman–Crippen LogP) is 3.82. The van der Waals surface area contributed by atoms with Crippen molar-refractivity contribution < 1.29 is 0 Å². The van der Waals surface area contributed by atoms with Crippen molar-refractivity contribution in [2.75, 3.05) is 13.1 Å². The summed E-state index contributed by atoms with van der Waals surface area (Å²) in [4.78, 5) is 13.1. The molecule has 0 aliphatic carbocycles. The Morgan fingerprint density at radius 2 is 1.96 bits per heavy atom. The van der Waals surface area contributed by atoms with Crippen molar-refractivity contribution in [2.45, 2.75) is 19.8 Å². The van der Waals surface area contributed by atoms with Gasteiger partial charge < -0.3 is 11.1 Å². The van der Waals surface area contributed by atoms with Gasteiger partial charge in [0.2, 0.25) is 0 Å². The number of hydrogen-bond acceptors (Lipinski definition) is 4. The molecule has 0 amide bonds. The Bertz CT molecular complexity index is 846. The van der Waals surface area contributed by atoms with E-state index >= 15 is 0 Å². The number of hydrogen-bond donors (Lipinski definition) is 2. The largest absolute Gasteiger partial charge is 0.370 e. The molecule has 1 aromatic carbocycles. The molecule has 7 heteroatoms. The van der Waals surface area contributed by atoms with E-state index in [1.165, 1.54) is 5.56 Å². The van der Waals surface area contributed by atoms with Crippen LogP contribution in [0.25, 0.3) is 11.3 Å². The molecular formula is C20H24IN5S. The summed E-state index contributed by atoms with van der Waals surface area (Å²) in [7, 11) is 0. The summed E-state index contributed by atoms with van der Waals surface area (Å²) in [5, 5.41) is 6.34. The van der Waals surface area contributed by atoms with E-state index in [1.54, 1.807) is 17.5 Å². The summed E-state index contributed by atoms with van der Waals surface area (Å²) in [5.41, 5.74) is 10.4. The second kappa shape index (κ2) is 11.0. The average Bonchev–Trinajstić information content (AvgIpc) is 3.10. The molecule has 0 radical (unpaired) electrons. The number of aliphatic imine (C=N–C) groups is 1. The van der Waals surface area contributed by atoms with E-state index in [2.05, 4.69) is 49.9 Å². The van der Waals surface area contributed by atoms with Gasteiger partial charge in [0.1, 0.15) is 0 Å². The maximum absolute atomic E-state index is 5.92. The Morgan fingerprint density at radius 1 is 1.15 bits per heavy atom. The van der Waals surface area contributed by atoms with E-state index in [4.69, 9.17) is 5.73 Å². The minimum Gasteiger partial charge on any atom is -0.370 e. The van der Waals surface area contributed by atoms with Crippen LogP contribution in [0, 0.1) is 6.92 Å². The molecule has 3 aromatic rings. The smallest absolute Gasteiger partial charge is 0.188 e. The Hall–Kier alpha value is -2.00. The molecule has 2 heterocycles. The van der Waals surface area contributed by atoms with Gasteiger partial charge in [0.25, 0.3) is 0 Å². The van der Waals surface area contributed by atoms with Crippen LogP contribution in [0.2, 0.25) is 0 Å². The fraction of sp³-hybridized carbons (Fsp3) is 0.250. The Morgan fingerprint density at radius 3 is 2.63 bits per heavy atom. The predicted molar refractivity (Wildman–Crippen MR) is 124 cm³/mol. The fourth-order valence-electron chi connectivity index (χ4n) is 2.57. The van der Waals surface area contributed by atoms with Crippen molar-refractivity contribution in [3.8, 4) is 11.3 Å². The highest BCUT2D eigenvalue weighted by atomic mass is 127. The third kappa shape index (κ3) is 6.91. The monoisotopic (exact) mass is 493 g/mol. The number of aryl methyl sites for hydroxylation is 1. The molecule has 27 heavy (non-hydrogen) atoms. The van der Waals surface area contributed by atoms with Crippen LogP contribution in [0.4, 0.5) is 0 Å². The van der Waals surface area contributed by atoms with Crippen LogP contribution in [-0.4, -0.2) is 29.0 Å². The minimum atomic E-state index is 0. The summed E-state index contributed by atoms with van der Waals surface area (Å²) >= 11 is 1.67. The van der Waals surface area contributed by atoms with Gasteiger partial charge in [0.15, 0.2) is 5.96 Å². The van der Waals surface area contributed by atoms with Crippen LogP contribution in [0.5, 0.6) is 0 Å². The van der Waals surface area contributed by atoms with Crippen molar-refractivity contribution in [3.63, 3.8) is 0 Å². The molecule has 3 N–H and O–H groups in total. The number of rotatable bonds is 7. The third-order valence-electron chi connectivity index (χ3n) is 3.96. The van der Waals surface area contributed by atoms with Gasteiger partial charge in [0.05, 0.1) is 10.7 Å². The molecule has 0 unspecified atom stereocenters. The fourth-order valence-corrected chi connectivity index (χ4v) is 3.19. The van der Waals surface area contributed by atoms with E-state index in [9.17, 15) is 0 Å². The molecule has 142 valence electrons.